The van der Waals surface area contributed by atoms with E-state index in [1.54, 1.807) is 27.1 Å². The molecule has 11 heteroatoms. The summed E-state index contributed by atoms with van der Waals surface area (Å²) in [6.45, 7) is 5.35. The summed E-state index contributed by atoms with van der Waals surface area (Å²) in [5, 5.41) is 48.5. The summed E-state index contributed by atoms with van der Waals surface area (Å²) in [6, 6.07) is 1.86. The molecule has 0 radical (unpaired) electrons. The minimum absolute atomic E-state index is 0.00730. The minimum atomic E-state index is -2.67. The molecule has 1 saturated carbocycles. The van der Waals surface area contributed by atoms with Crippen LogP contribution in [0.4, 0.5) is 0 Å². The number of carbonyl (C=O) groups excluding carboxylic acids is 3. The van der Waals surface area contributed by atoms with Gasteiger partial charge in [0, 0.05) is 17.1 Å². The Kier molecular flexibility index (Phi) is 6.41. The van der Waals surface area contributed by atoms with Crippen LogP contribution in [0.25, 0.3) is 5.76 Å². The van der Waals surface area contributed by atoms with Gasteiger partial charge in [-0.15, -0.1) is 0 Å². The summed E-state index contributed by atoms with van der Waals surface area (Å²) < 4.78 is 0. The number of rotatable bonds is 5. The van der Waals surface area contributed by atoms with Crippen LogP contribution in [0.2, 0.25) is 0 Å². The van der Waals surface area contributed by atoms with Crippen LogP contribution in [-0.2, 0) is 25.6 Å². The quantitative estimate of drug-likeness (QED) is 0.219. The molecule has 1 aromatic rings. The molecule has 0 saturated heterocycles. The van der Waals surface area contributed by atoms with Crippen molar-refractivity contribution in [2.75, 3.05) is 14.1 Å². The second kappa shape index (κ2) is 9.00. The first kappa shape index (κ1) is 26.4. The number of phenols is 1. The summed E-state index contributed by atoms with van der Waals surface area (Å²) in [4.78, 5) is 45.8. The number of aromatic hydroxyl groups is 1. The summed E-state index contributed by atoms with van der Waals surface area (Å²) in [7, 11) is 3.11. The topological polar surface area (TPSA) is 183 Å². The van der Waals surface area contributed by atoms with Gasteiger partial charge in [-0.05, 0) is 71.3 Å². The van der Waals surface area contributed by atoms with Crippen molar-refractivity contribution in [2.45, 2.75) is 51.4 Å². The number of Topliss-reactive ketones (excluding diaryl/α,β-unsaturated/α-hetero) is 2. The second-order valence-electron chi connectivity index (χ2n) is 10.3. The van der Waals surface area contributed by atoms with Gasteiger partial charge in [-0.3, -0.25) is 19.3 Å². The fraction of sp³-hybridized carbons (Fsp3) is 0.462. The summed E-state index contributed by atoms with van der Waals surface area (Å²) in [5.41, 5.74) is 3.24. The Labute approximate surface area is 213 Å². The molecule has 4 atom stereocenters. The number of aliphatic hydroxyl groups excluding tert-OH is 2. The maximum atomic E-state index is 13.8. The van der Waals surface area contributed by atoms with Crippen LogP contribution in [0, 0.1) is 11.8 Å². The monoisotopic (exact) mass is 513 g/mol. The van der Waals surface area contributed by atoms with Crippen molar-refractivity contribution in [1.29, 1.82) is 0 Å². The lowest BCUT2D eigenvalue weighted by Gasteiger charge is -2.50. The van der Waals surface area contributed by atoms with Crippen LogP contribution in [-0.4, -0.2) is 80.4 Å². The van der Waals surface area contributed by atoms with E-state index in [1.807, 2.05) is 13.8 Å². The fourth-order valence-corrected chi connectivity index (χ4v) is 5.82. The molecule has 1 fully saturated rings. The van der Waals surface area contributed by atoms with Crippen molar-refractivity contribution in [3.63, 3.8) is 0 Å². The molecule has 0 unspecified atom stereocenters. The molecule has 0 aliphatic heterocycles. The van der Waals surface area contributed by atoms with Crippen LogP contribution in [0.15, 0.2) is 34.2 Å². The van der Waals surface area contributed by atoms with E-state index in [1.165, 1.54) is 11.0 Å². The lowest BCUT2D eigenvalue weighted by molar-refractivity contribution is -0.153. The lowest BCUT2D eigenvalue weighted by atomic mass is 9.57. The number of primary amides is 1. The highest BCUT2D eigenvalue weighted by Gasteiger charge is 2.64. The maximum Gasteiger partial charge on any atom is 0.255 e. The zero-order valence-corrected chi connectivity index (χ0v) is 21.3. The number of fused-ring (bicyclic) bond motifs is 3. The Morgan fingerprint density at radius 2 is 1.86 bits per heavy atom. The fourth-order valence-electron chi connectivity index (χ4n) is 5.82. The number of phenolic OH excluding ortho intramolecular Hbond substituents is 1. The molecular formula is C26H31N3O8. The Balaban J connectivity index is 1.94. The molecule has 37 heavy (non-hydrogen) atoms. The summed E-state index contributed by atoms with van der Waals surface area (Å²) in [6.07, 6.45) is 0.0149. The highest BCUT2D eigenvalue weighted by molar-refractivity contribution is 6.24. The van der Waals surface area contributed by atoms with E-state index in [0.29, 0.717) is 16.8 Å². The third kappa shape index (κ3) is 3.80. The van der Waals surface area contributed by atoms with Crippen molar-refractivity contribution in [1.82, 2.24) is 4.90 Å². The summed E-state index contributed by atoms with van der Waals surface area (Å²) in [5.74, 6) is -6.87. The Morgan fingerprint density at radius 3 is 2.43 bits per heavy atom. The number of nitrogens with zero attached hydrogens (tertiary/aromatic N) is 2. The third-order valence-corrected chi connectivity index (χ3v) is 7.39. The van der Waals surface area contributed by atoms with Crippen molar-refractivity contribution in [3.8, 4) is 5.75 Å². The molecule has 4 rings (SSSR count). The number of carbonyl (C=O) groups is 3. The zero-order chi connectivity index (χ0) is 27.6. The molecule has 3 aliphatic carbocycles. The number of likely N-dealkylation sites (N-methyl/N-ethyl adjacent to an activating group) is 1. The number of aliphatic hydroxyl groups is 3. The number of ketones is 2. The predicted molar refractivity (Wildman–Crippen MR) is 133 cm³/mol. The van der Waals surface area contributed by atoms with Gasteiger partial charge in [0.1, 0.15) is 28.9 Å². The van der Waals surface area contributed by atoms with Crippen LogP contribution in [0.1, 0.15) is 43.9 Å². The average molecular weight is 514 g/mol. The first-order valence-electron chi connectivity index (χ1n) is 11.9. The number of amides is 1. The lowest BCUT2D eigenvalue weighted by Crippen LogP contribution is -2.65. The van der Waals surface area contributed by atoms with E-state index < -0.39 is 58.0 Å². The van der Waals surface area contributed by atoms with E-state index in [0.717, 1.165) is 0 Å². The first-order chi connectivity index (χ1) is 17.2. The van der Waals surface area contributed by atoms with Gasteiger partial charge < -0.3 is 31.0 Å². The van der Waals surface area contributed by atoms with Crippen LogP contribution < -0.4 is 5.73 Å². The van der Waals surface area contributed by atoms with Crippen molar-refractivity contribution >= 4 is 28.9 Å². The van der Waals surface area contributed by atoms with Gasteiger partial charge in [-0.1, -0.05) is 5.16 Å². The number of nitrogens with two attached hydrogens (primary N) is 1. The van der Waals surface area contributed by atoms with Crippen molar-refractivity contribution in [2.24, 2.45) is 22.7 Å². The minimum Gasteiger partial charge on any atom is -0.508 e. The van der Waals surface area contributed by atoms with Gasteiger partial charge in [-0.2, -0.15) is 0 Å². The molecule has 1 amide bonds. The van der Waals surface area contributed by atoms with Crippen molar-refractivity contribution < 1.29 is 39.6 Å². The van der Waals surface area contributed by atoms with Gasteiger partial charge in [0.2, 0.25) is 5.78 Å². The normalized spacial score (nSPS) is 27.9. The molecule has 3 aliphatic rings. The molecule has 0 spiro atoms. The largest absolute Gasteiger partial charge is 0.508 e. The zero-order valence-electron chi connectivity index (χ0n) is 21.3. The Morgan fingerprint density at radius 1 is 1.22 bits per heavy atom. The summed E-state index contributed by atoms with van der Waals surface area (Å²) >= 11 is 0. The molecule has 0 bridgehead atoms. The van der Waals surface area contributed by atoms with Gasteiger partial charge in [0.15, 0.2) is 11.4 Å². The third-order valence-electron chi connectivity index (χ3n) is 7.39. The second-order valence-corrected chi connectivity index (χ2v) is 10.3. The van der Waals surface area contributed by atoms with E-state index >= 15 is 0 Å². The molecule has 198 valence electrons. The Bertz CT molecular complexity index is 1310. The van der Waals surface area contributed by atoms with E-state index in [9.17, 15) is 34.8 Å². The Hall–Kier alpha value is -3.70. The van der Waals surface area contributed by atoms with E-state index in [-0.39, 0.29) is 35.8 Å². The van der Waals surface area contributed by atoms with Gasteiger partial charge in [0.25, 0.3) is 5.91 Å². The number of hydrogen-bond donors (Lipinski definition) is 5. The molecular weight excluding hydrogens is 482 g/mol. The molecule has 1 aromatic carbocycles. The van der Waals surface area contributed by atoms with Crippen LogP contribution in [0.3, 0.4) is 0 Å². The maximum absolute atomic E-state index is 13.8. The standard InChI is InChI=1S/C26H31N3O8/c1-10(2)37-28-11(3)13-6-7-16(30)18-14(13)8-12-9-15-20(29(4)5)22(32)19(25(27)35)24(34)26(15,36)23(33)17(12)21(18)31/h6-7,10,12,15,20,30-31,34,36H,8-9H2,1-5H3,(H2,27,35)/b28-11-/t12-,15-,20-,26-/m0/s1. The van der Waals surface area contributed by atoms with Gasteiger partial charge in [0.05, 0.1) is 17.3 Å². The smallest absolute Gasteiger partial charge is 0.255 e. The number of benzene rings is 1. The highest BCUT2D eigenvalue weighted by atomic mass is 16.6. The molecule has 0 aromatic heterocycles. The first-order valence-corrected chi connectivity index (χ1v) is 11.9. The number of oxime groups is 1. The van der Waals surface area contributed by atoms with Crippen LogP contribution in [0.5, 0.6) is 5.75 Å². The predicted octanol–water partition coefficient (Wildman–Crippen LogP) is 1.11. The van der Waals surface area contributed by atoms with Crippen LogP contribution >= 0.6 is 0 Å². The molecule has 0 heterocycles. The van der Waals surface area contributed by atoms with E-state index in [4.69, 9.17) is 10.6 Å². The van der Waals surface area contributed by atoms with Gasteiger partial charge in [-0.25, -0.2) is 0 Å². The molecule has 6 N–H and O–H groups in total. The highest BCUT2D eigenvalue weighted by Crippen LogP contribution is 2.52. The van der Waals surface area contributed by atoms with E-state index in [2.05, 4.69) is 5.16 Å². The molecule has 11 nitrogen and oxygen atoms in total. The van der Waals surface area contributed by atoms with Crippen molar-refractivity contribution in [3.05, 3.63) is 45.7 Å². The SMILES string of the molecule is C/C(=N/OC(C)C)c1ccc(O)c2c1C[C@H]1C[C@H]3[C@H](N(C)C)C(=O)C(C(N)=O)=C(O)[C@@]3(O)C(=O)C1=C2O. The number of hydrogen-bond acceptors (Lipinski definition) is 10. The average Bonchev–Trinajstić information content (AvgIpc) is 2.79. The van der Waals surface area contributed by atoms with Gasteiger partial charge >= 0.3 is 0 Å².